The van der Waals surface area contributed by atoms with Gasteiger partial charge in [0.15, 0.2) is 5.78 Å². The van der Waals surface area contributed by atoms with Gasteiger partial charge in [0.2, 0.25) is 0 Å². The smallest absolute Gasteiger partial charge is 0.313 e. The standard InChI is InChI=1S/C12H21NO3/c1-4-16-12(15)6-11(14)8-13(3)7-10-5-9(10)2/h9-10H,4-8H2,1-3H3. The Bertz CT molecular complexity index is 265. The molecule has 0 heterocycles. The van der Waals surface area contributed by atoms with Crippen LogP contribution >= 0.6 is 0 Å². The highest BCUT2D eigenvalue weighted by molar-refractivity contribution is 5.96. The Hall–Kier alpha value is -0.900. The maximum atomic E-state index is 11.5. The van der Waals surface area contributed by atoms with E-state index in [1.54, 1.807) is 6.92 Å². The Morgan fingerprint density at radius 3 is 2.56 bits per heavy atom. The van der Waals surface area contributed by atoms with Crippen molar-refractivity contribution in [1.82, 2.24) is 4.90 Å². The summed E-state index contributed by atoms with van der Waals surface area (Å²) in [7, 11) is 1.92. The predicted molar refractivity (Wildman–Crippen MR) is 61.0 cm³/mol. The van der Waals surface area contributed by atoms with Crippen LogP contribution in [-0.2, 0) is 14.3 Å². The van der Waals surface area contributed by atoms with Gasteiger partial charge in [-0.3, -0.25) is 14.5 Å². The molecule has 0 amide bonds. The molecule has 0 bridgehead atoms. The van der Waals surface area contributed by atoms with Crippen LogP contribution in [0.5, 0.6) is 0 Å². The maximum absolute atomic E-state index is 11.5. The number of carbonyl (C=O) groups excluding carboxylic acids is 2. The highest BCUT2D eigenvalue weighted by atomic mass is 16.5. The Kier molecular flexibility index (Phi) is 4.93. The van der Waals surface area contributed by atoms with Gasteiger partial charge in [0.1, 0.15) is 6.42 Å². The predicted octanol–water partition coefficient (Wildman–Crippen LogP) is 1.10. The van der Waals surface area contributed by atoms with E-state index >= 15 is 0 Å². The zero-order chi connectivity index (χ0) is 12.1. The molecule has 1 aliphatic rings. The number of ether oxygens (including phenoxy) is 1. The first kappa shape index (κ1) is 13.2. The second-order valence-corrected chi connectivity index (χ2v) is 4.69. The average molecular weight is 227 g/mol. The molecule has 1 aliphatic carbocycles. The lowest BCUT2D eigenvalue weighted by atomic mass is 10.2. The summed E-state index contributed by atoms with van der Waals surface area (Å²) in [4.78, 5) is 24.5. The molecule has 0 aliphatic heterocycles. The van der Waals surface area contributed by atoms with E-state index < -0.39 is 5.97 Å². The molecular formula is C12H21NO3. The molecule has 1 fully saturated rings. The van der Waals surface area contributed by atoms with Crippen molar-refractivity contribution in [2.24, 2.45) is 11.8 Å². The van der Waals surface area contributed by atoms with E-state index in [0.29, 0.717) is 13.2 Å². The fraction of sp³-hybridized carbons (Fsp3) is 0.833. The normalized spacial score (nSPS) is 23.2. The van der Waals surface area contributed by atoms with Crippen molar-refractivity contribution < 1.29 is 14.3 Å². The molecule has 1 rings (SSSR count). The molecule has 4 nitrogen and oxygen atoms in total. The van der Waals surface area contributed by atoms with Gasteiger partial charge in [-0.1, -0.05) is 6.92 Å². The Balaban J connectivity index is 2.15. The molecule has 1 saturated carbocycles. The van der Waals surface area contributed by atoms with E-state index in [-0.39, 0.29) is 12.2 Å². The summed E-state index contributed by atoms with van der Waals surface area (Å²) < 4.78 is 4.73. The van der Waals surface area contributed by atoms with Gasteiger partial charge in [0.25, 0.3) is 0 Å². The monoisotopic (exact) mass is 227 g/mol. The maximum Gasteiger partial charge on any atom is 0.313 e. The molecule has 4 heteroatoms. The molecule has 0 aromatic heterocycles. The van der Waals surface area contributed by atoms with Crippen molar-refractivity contribution in [3.63, 3.8) is 0 Å². The average Bonchev–Trinajstić information content (AvgIpc) is 2.80. The minimum absolute atomic E-state index is 0.0609. The van der Waals surface area contributed by atoms with Crippen LogP contribution in [0.4, 0.5) is 0 Å². The summed E-state index contributed by atoms with van der Waals surface area (Å²) in [6, 6.07) is 0. The SMILES string of the molecule is CCOC(=O)CC(=O)CN(C)CC1CC1C. The summed E-state index contributed by atoms with van der Waals surface area (Å²) in [5.74, 6) is 1.05. The molecular weight excluding hydrogens is 206 g/mol. The van der Waals surface area contributed by atoms with Crippen LogP contribution in [0.1, 0.15) is 26.7 Å². The summed E-state index contributed by atoms with van der Waals surface area (Å²) in [5.41, 5.74) is 0. The fourth-order valence-electron chi connectivity index (χ4n) is 1.85. The molecule has 0 radical (unpaired) electrons. The minimum atomic E-state index is -0.416. The molecule has 0 aromatic carbocycles. The van der Waals surface area contributed by atoms with Crippen LogP contribution in [-0.4, -0.2) is 43.4 Å². The first-order valence-electron chi connectivity index (χ1n) is 5.88. The molecule has 0 aromatic rings. The molecule has 0 saturated heterocycles. The van der Waals surface area contributed by atoms with Crippen LogP contribution in [0.25, 0.3) is 0 Å². The zero-order valence-electron chi connectivity index (χ0n) is 10.4. The summed E-state index contributed by atoms with van der Waals surface area (Å²) in [6.45, 7) is 5.60. The van der Waals surface area contributed by atoms with Gasteiger partial charge in [-0.05, 0) is 32.2 Å². The largest absolute Gasteiger partial charge is 0.466 e. The fourth-order valence-corrected chi connectivity index (χ4v) is 1.85. The summed E-state index contributed by atoms with van der Waals surface area (Å²) in [6.07, 6.45) is 1.16. The second-order valence-electron chi connectivity index (χ2n) is 4.69. The third kappa shape index (κ3) is 4.75. The molecule has 2 unspecified atom stereocenters. The number of hydrogen-bond donors (Lipinski definition) is 0. The van der Waals surface area contributed by atoms with Crippen LogP contribution < -0.4 is 0 Å². The van der Waals surface area contributed by atoms with E-state index in [4.69, 9.17) is 4.74 Å². The Labute approximate surface area is 96.9 Å². The van der Waals surface area contributed by atoms with Crippen LogP contribution in [0.2, 0.25) is 0 Å². The van der Waals surface area contributed by atoms with Gasteiger partial charge in [0.05, 0.1) is 13.2 Å². The number of hydrogen-bond acceptors (Lipinski definition) is 4. The van der Waals surface area contributed by atoms with E-state index in [1.165, 1.54) is 6.42 Å². The van der Waals surface area contributed by atoms with E-state index in [0.717, 1.165) is 18.4 Å². The van der Waals surface area contributed by atoms with Gasteiger partial charge < -0.3 is 4.74 Å². The van der Waals surface area contributed by atoms with Crippen LogP contribution in [0, 0.1) is 11.8 Å². The van der Waals surface area contributed by atoms with Crippen molar-refractivity contribution in [3.8, 4) is 0 Å². The second kappa shape index (κ2) is 5.99. The number of carbonyl (C=O) groups is 2. The van der Waals surface area contributed by atoms with Gasteiger partial charge in [-0.25, -0.2) is 0 Å². The minimum Gasteiger partial charge on any atom is -0.466 e. The van der Waals surface area contributed by atoms with Gasteiger partial charge in [0, 0.05) is 6.54 Å². The zero-order valence-corrected chi connectivity index (χ0v) is 10.4. The first-order valence-corrected chi connectivity index (χ1v) is 5.88. The Morgan fingerprint density at radius 1 is 1.44 bits per heavy atom. The Morgan fingerprint density at radius 2 is 2.06 bits per heavy atom. The highest BCUT2D eigenvalue weighted by Crippen LogP contribution is 2.37. The van der Waals surface area contributed by atoms with E-state index in [1.807, 2.05) is 11.9 Å². The number of Topliss-reactive ketones (excluding diaryl/α,β-unsaturated/α-hetero) is 1. The van der Waals surface area contributed by atoms with Crippen molar-refractivity contribution in [3.05, 3.63) is 0 Å². The quantitative estimate of drug-likeness (QED) is 0.482. The van der Waals surface area contributed by atoms with E-state index in [2.05, 4.69) is 6.92 Å². The van der Waals surface area contributed by atoms with Crippen molar-refractivity contribution in [2.45, 2.75) is 26.7 Å². The van der Waals surface area contributed by atoms with Gasteiger partial charge in [-0.2, -0.15) is 0 Å². The third-order valence-corrected chi connectivity index (χ3v) is 2.92. The lowest BCUT2D eigenvalue weighted by Gasteiger charge is -2.14. The van der Waals surface area contributed by atoms with Crippen LogP contribution in [0.3, 0.4) is 0 Å². The number of esters is 1. The summed E-state index contributed by atoms with van der Waals surface area (Å²) >= 11 is 0. The van der Waals surface area contributed by atoms with Crippen molar-refractivity contribution in [1.29, 1.82) is 0 Å². The summed E-state index contributed by atoms with van der Waals surface area (Å²) in [5, 5.41) is 0. The molecule has 92 valence electrons. The van der Waals surface area contributed by atoms with Gasteiger partial charge in [-0.15, -0.1) is 0 Å². The number of nitrogens with zero attached hydrogens (tertiary/aromatic N) is 1. The van der Waals surface area contributed by atoms with Crippen LogP contribution in [0.15, 0.2) is 0 Å². The topological polar surface area (TPSA) is 46.6 Å². The third-order valence-electron chi connectivity index (χ3n) is 2.92. The first-order chi connectivity index (χ1) is 7.52. The molecule has 2 atom stereocenters. The van der Waals surface area contributed by atoms with Crippen molar-refractivity contribution >= 4 is 11.8 Å². The lowest BCUT2D eigenvalue weighted by molar-refractivity contribution is -0.145. The number of ketones is 1. The highest BCUT2D eigenvalue weighted by Gasteiger charge is 2.33. The number of likely N-dealkylation sites (N-methyl/N-ethyl adjacent to an activating group) is 1. The van der Waals surface area contributed by atoms with E-state index in [9.17, 15) is 9.59 Å². The molecule has 0 spiro atoms. The lowest BCUT2D eigenvalue weighted by Crippen LogP contribution is -2.29. The van der Waals surface area contributed by atoms with Gasteiger partial charge >= 0.3 is 5.97 Å². The van der Waals surface area contributed by atoms with Crippen molar-refractivity contribution in [2.75, 3.05) is 26.7 Å². The molecule has 0 N–H and O–H groups in total. The number of rotatable bonds is 7. The molecule has 16 heavy (non-hydrogen) atoms.